The minimum Gasteiger partial charge on any atom is -0.311 e. The SMILES string of the molecule is Cc1ccc2c(c1)C(=O)N(CCC(=O)Nc1ccnn1C(C)C)C2=O. The van der Waals surface area contributed by atoms with E-state index in [1.807, 2.05) is 20.8 Å². The van der Waals surface area contributed by atoms with Crippen molar-refractivity contribution in [2.24, 2.45) is 0 Å². The molecule has 1 aromatic carbocycles. The average molecular weight is 340 g/mol. The van der Waals surface area contributed by atoms with Crippen LogP contribution in [0.4, 0.5) is 5.82 Å². The number of aryl methyl sites for hydroxylation is 1. The molecule has 1 aliphatic heterocycles. The minimum atomic E-state index is -0.347. The number of amides is 3. The molecule has 0 atom stereocenters. The maximum atomic E-state index is 12.4. The summed E-state index contributed by atoms with van der Waals surface area (Å²) in [5.41, 5.74) is 1.72. The van der Waals surface area contributed by atoms with Crippen molar-refractivity contribution in [1.82, 2.24) is 14.7 Å². The normalized spacial score (nSPS) is 13.5. The molecule has 130 valence electrons. The molecule has 2 heterocycles. The van der Waals surface area contributed by atoms with Crippen molar-refractivity contribution < 1.29 is 14.4 Å². The van der Waals surface area contributed by atoms with Crippen molar-refractivity contribution in [3.63, 3.8) is 0 Å². The van der Waals surface area contributed by atoms with Gasteiger partial charge in [-0.1, -0.05) is 11.6 Å². The van der Waals surface area contributed by atoms with E-state index in [0.29, 0.717) is 16.9 Å². The Hall–Kier alpha value is -2.96. The first-order valence-corrected chi connectivity index (χ1v) is 8.18. The lowest BCUT2D eigenvalue weighted by atomic mass is 10.1. The predicted molar refractivity (Wildman–Crippen MR) is 92.4 cm³/mol. The summed E-state index contributed by atoms with van der Waals surface area (Å²) < 4.78 is 1.70. The van der Waals surface area contributed by atoms with Crippen molar-refractivity contribution in [3.05, 3.63) is 47.2 Å². The van der Waals surface area contributed by atoms with Gasteiger partial charge in [-0.3, -0.25) is 19.3 Å². The first kappa shape index (κ1) is 16.9. The second kappa shape index (κ2) is 6.51. The molecule has 7 heteroatoms. The molecule has 3 amide bonds. The molecule has 0 fully saturated rings. The summed E-state index contributed by atoms with van der Waals surface area (Å²) in [6, 6.07) is 6.99. The van der Waals surface area contributed by atoms with Gasteiger partial charge in [0.1, 0.15) is 5.82 Å². The number of imide groups is 1. The number of aromatic nitrogens is 2. The van der Waals surface area contributed by atoms with E-state index in [4.69, 9.17) is 0 Å². The fourth-order valence-electron chi connectivity index (χ4n) is 2.85. The number of anilines is 1. The zero-order chi connectivity index (χ0) is 18.1. The quantitative estimate of drug-likeness (QED) is 0.847. The highest BCUT2D eigenvalue weighted by Crippen LogP contribution is 2.24. The van der Waals surface area contributed by atoms with Crippen LogP contribution in [0.2, 0.25) is 0 Å². The van der Waals surface area contributed by atoms with Crippen LogP contribution >= 0.6 is 0 Å². The predicted octanol–water partition coefficient (Wildman–Crippen LogP) is 2.40. The molecule has 1 aliphatic rings. The molecule has 1 N–H and O–H groups in total. The Labute approximate surface area is 145 Å². The summed E-state index contributed by atoms with van der Waals surface area (Å²) in [6.45, 7) is 5.84. The number of nitrogens with zero attached hydrogens (tertiary/aromatic N) is 3. The standard InChI is InChI=1S/C18H20N4O3/c1-11(2)22-15(6-8-19-22)20-16(23)7-9-21-17(24)13-5-4-12(3)10-14(13)18(21)25/h4-6,8,10-11H,7,9H2,1-3H3,(H,20,23). The minimum absolute atomic E-state index is 0.0354. The van der Waals surface area contributed by atoms with Gasteiger partial charge in [0.2, 0.25) is 5.91 Å². The Morgan fingerprint density at radius 2 is 1.88 bits per heavy atom. The van der Waals surface area contributed by atoms with E-state index in [9.17, 15) is 14.4 Å². The van der Waals surface area contributed by atoms with Gasteiger partial charge in [-0.25, -0.2) is 4.68 Å². The van der Waals surface area contributed by atoms with Crippen molar-refractivity contribution in [2.45, 2.75) is 33.2 Å². The molecule has 0 bridgehead atoms. The van der Waals surface area contributed by atoms with Crippen LogP contribution in [-0.4, -0.2) is 38.9 Å². The molecule has 0 saturated heterocycles. The number of hydrogen-bond donors (Lipinski definition) is 1. The van der Waals surface area contributed by atoms with Gasteiger partial charge in [-0.15, -0.1) is 0 Å². The monoisotopic (exact) mass is 340 g/mol. The number of fused-ring (bicyclic) bond motifs is 1. The maximum absolute atomic E-state index is 12.4. The Balaban J connectivity index is 1.64. The highest BCUT2D eigenvalue weighted by molar-refractivity contribution is 6.21. The lowest BCUT2D eigenvalue weighted by Gasteiger charge is -2.15. The molecule has 0 spiro atoms. The van der Waals surface area contributed by atoms with E-state index in [0.717, 1.165) is 10.5 Å². The van der Waals surface area contributed by atoms with Gasteiger partial charge in [-0.2, -0.15) is 5.10 Å². The fourth-order valence-corrected chi connectivity index (χ4v) is 2.85. The summed E-state index contributed by atoms with van der Waals surface area (Å²) in [7, 11) is 0. The summed E-state index contributed by atoms with van der Waals surface area (Å²) in [4.78, 5) is 38.1. The van der Waals surface area contributed by atoms with E-state index in [1.54, 1.807) is 35.1 Å². The Morgan fingerprint density at radius 3 is 2.60 bits per heavy atom. The van der Waals surface area contributed by atoms with E-state index >= 15 is 0 Å². The third-order valence-electron chi connectivity index (χ3n) is 4.12. The summed E-state index contributed by atoms with van der Waals surface area (Å²) in [6.07, 6.45) is 1.65. The van der Waals surface area contributed by atoms with Crippen LogP contribution in [-0.2, 0) is 4.79 Å². The van der Waals surface area contributed by atoms with Gasteiger partial charge in [-0.05, 0) is 32.9 Å². The van der Waals surface area contributed by atoms with Gasteiger partial charge < -0.3 is 5.32 Å². The fraction of sp³-hybridized carbons (Fsp3) is 0.333. The molecule has 0 aliphatic carbocycles. The van der Waals surface area contributed by atoms with Crippen LogP contribution in [0.15, 0.2) is 30.5 Å². The number of rotatable bonds is 5. The molecule has 25 heavy (non-hydrogen) atoms. The van der Waals surface area contributed by atoms with E-state index in [1.165, 1.54) is 0 Å². The van der Waals surface area contributed by atoms with Crippen LogP contribution in [0.3, 0.4) is 0 Å². The zero-order valence-electron chi connectivity index (χ0n) is 14.4. The number of carbonyl (C=O) groups is 3. The number of carbonyl (C=O) groups excluding carboxylic acids is 3. The Bertz CT molecular complexity index is 854. The molecular formula is C18H20N4O3. The van der Waals surface area contributed by atoms with E-state index < -0.39 is 0 Å². The van der Waals surface area contributed by atoms with E-state index in [-0.39, 0.29) is 36.7 Å². The second-order valence-corrected chi connectivity index (χ2v) is 6.36. The molecule has 3 rings (SSSR count). The highest BCUT2D eigenvalue weighted by atomic mass is 16.2. The molecule has 7 nitrogen and oxygen atoms in total. The smallest absolute Gasteiger partial charge is 0.261 e. The first-order chi connectivity index (χ1) is 11.9. The van der Waals surface area contributed by atoms with Crippen molar-refractivity contribution in [1.29, 1.82) is 0 Å². The van der Waals surface area contributed by atoms with Gasteiger partial charge in [0.25, 0.3) is 11.8 Å². The Kier molecular flexibility index (Phi) is 4.39. The second-order valence-electron chi connectivity index (χ2n) is 6.36. The third kappa shape index (κ3) is 3.17. The van der Waals surface area contributed by atoms with Crippen LogP contribution in [0.25, 0.3) is 0 Å². The molecule has 1 aromatic heterocycles. The number of hydrogen-bond acceptors (Lipinski definition) is 4. The maximum Gasteiger partial charge on any atom is 0.261 e. The summed E-state index contributed by atoms with van der Waals surface area (Å²) >= 11 is 0. The molecule has 0 unspecified atom stereocenters. The van der Waals surface area contributed by atoms with Gasteiger partial charge in [0.05, 0.1) is 17.3 Å². The first-order valence-electron chi connectivity index (χ1n) is 8.18. The molecule has 0 radical (unpaired) electrons. The van der Waals surface area contributed by atoms with Crippen molar-refractivity contribution >= 4 is 23.5 Å². The highest BCUT2D eigenvalue weighted by Gasteiger charge is 2.35. The van der Waals surface area contributed by atoms with Crippen LogP contribution in [0.1, 0.15) is 52.6 Å². The lowest BCUT2D eigenvalue weighted by molar-refractivity contribution is -0.116. The molecular weight excluding hydrogens is 320 g/mol. The molecule has 2 aromatic rings. The van der Waals surface area contributed by atoms with Crippen LogP contribution < -0.4 is 5.32 Å². The number of benzene rings is 1. The van der Waals surface area contributed by atoms with Crippen LogP contribution in [0.5, 0.6) is 0 Å². The lowest BCUT2D eigenvalue weighted by Crippen LogP contribution is -2.33. The average Bonchev–Trinajstić information content (AvgIpc) is 3.10. The topological polar surface area (TPSA) is 84.3 Å². The Morgan fingerprint density at radius 1 is 1.16 bits per heavy atom. The van der Waals surface area contributed by atoms with Crippen LogP contribution in [0, 0.1) is 6.92 Å². The largest absolute Gasteiger partial charge is 0.311 e. The summed E-state index contributed by atoms with van der Waals surface area (Å²) in [5, 5.41) is 6.92. The molecule has 0 saturated carbocycles. The van der Waals surface area contributed by atoms with Gasteiger partial charge in [0, 0.05) is 25.1 Å². The van der Waals surface area contributed by atoms with E-state index in [2.05, 4.69) is 10.4 Å². The number of nitrogens with one attached hydrogen (secondary N) is 1. The van der Waals surface area contributed by atoms with Crippen molar-refractivity contribution in [2.75, 3.05) is 11.9 Å². The van der Waals surface area contributed by atoms with Crippen molar-refractivity contribution in [3.8, 4) is 0 Å². The van der Waals surface area contributed by atoms with Gasteiger partial charge in [0.15, 0.2) is 0 Å². The zero-order valence-corrected chi connectivity index (χ0v) is 14.4. The van der Waals surface area contributed by atoms with Gasteiger partial charge >= 0.3 is 0 Å². The summed E-state index contributed by atoms with van der Waals surface area (Å²) in [5.74, 6) is -0.364. The third-order valence-corrected chi connectivity index (χ3v) is 4.12.